The molecule has 2 aromatic rings. The van der Waals surface area contributed by atoms with Crippen molar-refractivity contribution in [3.05, 3.63) is 59.2 Å². The minimum Gasteiger partial charge on any atom is -0.497 e. The molecule has 128 valence electrons. The molecule has 1 saturated heterocycles. The van der Waals surface area contributed by atoms with Crippen LogP contribution in [0, 0.1) is 0 Å². The molecule has 2 amide bonds. The van der Waals surface area contributed by atoms with Gasteiger partial charge in [-0.25, -0.2) is 0 Å². The van der Waals surface area contributed by atoms with Gasteiger partial charge in [0.15, 0.2) is 0 Å². The number of methoxy groups -OCH3 is 2. The Bertz CT molecular complexity index is 895. The maximum absolute atomic E-state index is 13.0. The summed E-state index contributed by atoms with van der Waals surface area (Å²) in [6.07, 6.45) is -0.499. The van der Waals surface area contributed by atoms with Crippen LogP contribution in [0.15, 0.2) is 42.5 Å². The van der Waals surface area contributed by atoms with Gasteiger partial charge in [0.05, 0.1) is 14.2 Å². The van der Waals surface area contributed by atoms with E-state index in [-0.39, 0.29) is 11.8 Å². The molecule has 4 rings (SSSR count). The van der Waals surface area contributed by atoms with Crippen molar-refractivity contribution in [1.29, 1.82) is 0 Å². The van der Waals surface area contributed by atoms with Gasteiger partial charge in [-0.05, 0) is 42.8 Å². The maximum Gasteiger partial charge on any atom is 0.257 e. The second kappa shape index (κ2) is 5.24. The lowest BCUT2D eigenvalue weighted by Crippen LogP contribution is -2.45. The van der Waals surface area contributed by atoms with Crippen molar-refractivity contribution >= 4 is 11.8 Å². The lowest BCUT2D eigenvalue weighted by Gasteiger charge is -2.32. The van der Waals surface area contributed by atoms with E-state index in [1.54, 1.807) is 50.3 Å². The molecule has 2 atom stereocenters. The molecule has 6 nitrogen and oxygen atoms in total. The SMILES string of the molecule is COc1cccc(C2(C)C(=O)NC3c4cc(OC)ccc4C(=O)N32)c1. The number of carbonyl (C=O) groups is 2. The number of benzene rings is 2. The molecule has 1 N–H and O–H groups in total. The first-order chi connectivity index (χ1) is 12.0. The Morgan fingerprint density at radius 3 is 2.48 bits per heavy atom. The van der Waals surface area contributed by atoms with E-state index >= 15 is 0 Å². The number of nitrogens with one attached hydrogen (secondary N) is 1. The topological polar surface area (TPSA) is 67.9 Å². The van der Waals surface area contributed by atoms with Crippen LogP contribution in [0.2, 0.25) is 0 Å². The molecule has 1 fully saturated rings. The van der Waals surface area contributed by atoms with E-state index in [1.165, 1.54) is 0 Å². The van der Waals surface area contributed by atoms with E-state index in [0.29, 0.717) is 22.6 Å². The molecule has 2 aliphatic heterocycles. The molecule has 25 heavy (non-hydrogen) atoms. The van der Waals surface area contributed by atoms with Crippen LogP contribution in [-0.2, 0) is 10.3 Å². The van der Waals surface area contributed by atoms with E-state index < -0.39 is 11.7 Å². The van der Waals surface area contributed by atoms with Gasteiger partial charge in [0.1, 0.15) is 23.2 Å². The van der Waals surface area contributed by atoms with Crippen LogP contribution in [0.1, 0.15) is 34.6 Å². The van der Waals surface area contributed by atoms with Crippen molar-refractivity contribution < 1.29 is 19.1 Å². The summed E-state index contributed by atoms with van der Waals surface area (Å²) in [5.41, 5.74) is 0.937. The highest BCUT2D eigenvalue weighted by Crippen LogP contribution is 2.47. The average molecular weight is 338 g/mol. The first-order valence-electron chi connectivity index (χ1n) is 7.98. The van der Waals surface area contributed by atoms with Gasteiger partial charge in [0, 0.05) is 11.1 Å². The standard InChI is InChI=1S/C19H18N2O4/c1-19(11-5-4-6-12(9-11)24-2)18(23)20-16-15-10-13(25-3)7-8-14(15)17(22)21(16)19/h4-10,16H,1-3H3,(H,20,23). The minimum atomic E-state index is -1.11. The van der Waals surface area contributed by atoms with Gasteiger partial charge in [-0.15, -0.1) is 0 Å². The Labute approximate surface area is 145 Å². The summed E-state index contributed by atoms with van der Waals surface area (Å²) in [4.78, 5) is 27.5. The molecule has 0 spiro atoms. The number of carbonyl (C=O) groups excluding carboxylic acids is 2. The highest BCUT2D eigenvalue weighted by molar-refractivity contribution is 6.06. The summed E-state index contributed by atoms with van der Waals surface area (Å²) in [6, 6.07) is 12.5. The van der Waals surface area contributed by atoms with Crippen LogP contribution >= 0.6 is 0 Å². The Morgan fingerprint density at radius 1 is 1.04 bits per heavy atom. The molecule has 0 bridgehead atoms. The first kappa shape index (κ1) is 15.5. The third kappa shape index (κ3) is 1.97. The molecule has 2 aromatic carbocycles. The lowest BCUT2D eigenvalue weighted by molar-refractivity contribution is -0.125. The second-order valence-electron chi connectivity index (χ2n) is 6.31. The molecule has 0 aromatic heterocycles. The number of hydrogen-bond acceptors (Lipinski definition) is 4. The van der Waals surface area contributed by atoms with Crippen molar-refractivity contribution in [2.24, 2.45) is 0 Å². The summed E-state index contributed by atoms with van der Waals surface area (Å²) in [5, 5.41) is 2.95. The van der Waals surface area contributed by atoms with Gasteiger partial charge in [-0.3, -0.25) is 14.5 Å². The predicted molar refractivity (Wildman–Crippen MR) is 90.4 cm³/mol. The highest BCUT2D eigenvalue weighted by Gasteiger charge is 2.57. The fourth-order valence-corrected chi connectivity index (χ4v) is 3.65. The fourth-order valence-electron chi connectivity index (χ4n) is 3.65. The minimum absolute atomic E-state index is 0.175. The number of amides is 2. The van der Waals surface area contributed by atoms with E-state index in [4.69, 9.17) is 9.47 Å². The van der Waals surface area contributed by atoms with Crippen LogP contribution in [0.5, 0.6) is 11.5 Å². The van der Waals surface area contributed by atoms with Crippen LogP contribution in [-0.4, -0.2) is 30.9 Å². The number of nitrogens with zero attached hydrogens (tertiary/aromatic N) is 1. The molecular weight excluding hydrogens is 320 g/mol. The third-order valence-corrected chi connectivity index (χ3v) is 5.08. The van der Waals surface area contributed by atoms with Crippen LogP contribution in [0.3, 0.4) is 0 Å². The van der Waals surface area contributed by atoms with Gasteiger partial charge in [-0.1, -0.05) is 12.1 Å². The maximum atomic E-state index is 13.0. The van der Waals surface area contributed by atoms with E-state index in [1.807, 2.05) is 18.2 Å². The third-order valence-electron chi connectivity index (χ3n) is 5.08. The molecule has 0 radical (unpaired) electrons. The van der Waals surface area contributed by atoms with E-state index in [2.05, 4.69) is 5.32 Å². The zero-order valence-corrected chi connectivity index (χ0v) is 14.2. The average Bonchev–Trinajstić information content (AvgIpc) is 3.08. The van der Waals surface area contributed by atoms with Crippen molar-refractivity contribution in [3.63, 3.8) is 0 Å². The summed E-state index contributed by atoms with van der Waals surface area (Å²) < 4.78 is 10.5. The monoisotopic (exact) mass is 338 g/mol. The van der Waals surface area contributed by atoms with Crippen LogP contribution in [0.25, 0.3) is 0 Å². The molecule has 0 aliphatic carbocycles. The molecule has 2 aliphatic rings. The van der Waals surface area contributed by atoms with Gasteiger partial charge in [-0.2, -0.15) is 0 Å². The van der Waals surface area contributed by atoms with Crippen molar-refractivity contribution in [1.82, 2.24) is 10.2 Å². The van der Waals surface area contributed by atoms with Gasteiger partial charge in [0.25, 0.3) is 11.8 Å². The largest absolute Gasteiger partial charge is 0.497 e. The van der Waals surface area contributed by atoms with Gasteiger partial charge < -0.3 is 14.8 Å². The molecule has 0 saturated carbocycles. The Kier molecular flexibility index (Phi) is 3.25. The Morgan fingerprint density at radius 2 is 1.76 bits per heavy atom. The van der Waals surface area contributed by atoms with Gasteiger partial charge >= 0.3 is 0 Å². The normalized spacial score (nSPS) is 24.0. The highest BCUT2D eigenvalue weighted by atomic mass is 16.5. The van der Waals surface area contributed by atoms with Gasteiger partial charge in [0.2, 0.25) is 0 Å². The van der Waals surface area contributed by atoms with Crippen molar-refractivity contribution in [3.8, 4) is 11.5 Å². The number of rotatable bonds is 3. The fraction of sp³-hybridized carbons (Fsp3) is 0.263. The zero-order valence-electron chi connectivity index (χ0n) is 14.2. The van der Waals surface area contributed by atoms with Crippen molar-refractivity contribution in [2.45, 2.75) is 18.6 Å². The summed E-state index contributed by atoms with van der Waals surface area (Å²) >= 11 is 0. The number of ether oxygens (including phenoxy) is 2. The van der Waals surface area contributed by atoms with Crippen LogP contribution < -0.4 is 14.8 Å². The van der Waals surface area contributed by atoms with Crippen molar-refractivity contribution in [2.75, 3.05) is 14.2 Å². The molecule has 2 heterocycles. The predicted octanol–water partition coefficient (Wildman–Crippen LogP) is 2.20. The summed E-state index contributed by atoms with van der Waals surface area (Å²) in [5.74, 6) is 0.900. The molecular formula is C19H18N2O4. The zero-order chi connectivity index (χ0) is 17.8. The Balaban J connectivity index is 1.85. The molecule has 6 heteroatoms. The van der Waals surface area contributed by atoms with E-state index in [0.717, 1.165) is 5.56 Å². The number of hydrogen-bond donors (Lipinski definition) is 1. The van der Waals surface area contributed by atoms with Crippen LogP contribution in [0.4, 0.5) is 0 Å². The second-order valence-corrected chi connectivity index (χ2v) is 6.31. The smallest absolute Gasteiger partial charge is 0.257 e. The number of fused-ring (bicyclic) bond motifs is 3. The first-order valence-corrected chi connectivity index (χ1v) is 7.98. The lowest BCUT2D eigenvalue weighted by atomic mass is 9.90. The summed E-state index contributed by atoms with van der Waals surface area (Å²) in [7, 11) is 3.14. The quantitative estimate of drug-likeness (QED) is 0.932. The van der Waals surface area contributed by atoms with E-state index in [9.17, 15) is 9.59 Å². The Hall–Kier alpha value is -3.02. The summed E-state index contributed by atoms with van der Waals surface area (Å²) in [6.45, 7) is 1.76. The molecule has 2 unspecified atom stereocenters.